The number of aryl methyl sites for hydroxylation is 1. The first-order valence-corrected chi connectivity index (χ1v) is 5.91. The molecule has 19 heavy (non-hydrogen) atoms. The topological polar surface area (TPSA) is 60.1 Å². The van der Waals surface area contributed by atoms with Gasteiger partial charge in [0, 0.05) is 31.9 Å². The van der Waals surface area contributed by atoms with Crippen molar-refractivity contribution in [3.05, 3.63) is 42.0 Å². The second kappa shape index (κ2) is 5.91. The molecule has 1 heterocycles. The Morgan fingerprint density at radius 3 is 2.74 bits per heavy atom. The summed E-state index contributed by atoms with van der Waals surface area (Å²) in [6.07, 6.45) is 4.37. The van der Waals surface area contributed by atoms with Crippen LogP contribution in [0.1, 0.15) is 11.4 Å². The van der Waals surface area contributed by atoms with Crippen LogP contribution in [-0.2, 0) is 13.5 Å². The number of methoxy groups -OCH3 is 1. The molecule has 0 fully saturated rings. The normalized spacial score (nSPS) is 9.95. The number of hydrogen-bond acceptors (Lipinski definition) is 4. The zero-order chi connectivity index (χ0) is 13.7. The minimum Gasteiger partial charge on any atom is -0.497 e. The van der Waals surface area contributed by atoms with Crippen LogP contribution in [0.3, 0.4) is 0 Å². The highest BCUT2D eigenvalue weighted by atomic mass is 16.5. The lowest BCUT2D eigenvalue weighted by Gasteiger charge is -2.08. The summed E-state index contributed by atoms with van der Waals surface area (Å²) in [5, 5.41) is 8.92. The van der Waals surface area contributed by atoms with Crippen molar-refractivity contribution in [2.24, 2.45) is 7.05 Å². The molecule has 0 atom stereocenters. The minimum atomic E-state index is 0.503. The van der Waals surface area contributed by atoms with E-state index in [1.54, 1.807) is 31.5 Å². The van der Waals surface area contributed by atoms with Gasteiger partial charge >= 0.3 is 0 Å². The zero-order valence-corrected chi connectivity index (χ0v) is 11.0. The maximum Gasteiger partial charge on any atom is 0.124 e. The lowest BCUT2D eigenvalue weighted by atomic mass is 10.2. The number of nitriles is 1. The molecule has 0 amide bonds. The van der Waals surface area contributed by atoms with Crippen molar-refractivity contribution < 1.29 is 9.47 Å². The fourth-order valence-electron chi connectivity index (χ4n) is 1.74. The molecule has 98 valence electrons. The predicted octanol–water partition coefficient (Wildman–Crippen LogP) is 1.92. The van der Waals surface area contributed by atoms with Gasteiger partial charge < -0.3 is 14.0 Å². The maximum atomic E-state index is 8.92. The Morgan fingerprint density at radius 1 is 1.32 bits per heavy atom. The molecule has 0 radical (unpaired) electrons. The molecular weight excluding hydrogens is 242 g/mol. The lowest BCUT2D eigenvalue weighted by Crippen LogP contribution is -2.06. The van der Waals surface area contributed by atoms with Gasteiger partial charge in [0.1, 0.15) is 17.3 Å². The van der Waals surface area contributed by atoms with Gasteiger partial charge in [-0.15, -0.1) is 0 Å². The van der Waals surface area contributed by atoms with Crippen LogP contribution < -0.4 is 9.47 Å². The van der Waals surface area contributed by atoms with E-state index >= 15 is 0 Å². The molecule has 5 heteroatoms. The van der Waals surface area contributed by atoms with Gasteiger partial charge in [-0.1, -0.05) is 0 Å². The average Bonchev–Trinajstić information content (AvgIpc) is 2.84. The van der Waals surface area contributed by atoms with E-state index in [1.807, 2.05) is 17.8 Å². The van der Waals surface area contributed by atoms with E-state index in [0.29, 0.717) is 30.1 Å². The van der Waals surface area contributed by atoms with Crippen molar-refractivity contribution in [3.63, 3.8) is 0 Å². The summed E-state index contributed by atoms with van der Waals surface area (Å²) >= 11 is 0. The third-order valence-electron chi connectivity index (χ3n) is 2.76. The van der Waals surface area contributed by atoms with Gasteiger partial charge in [0.15, 0.2) is 0 Å². The molecule has 0 bridgehead atoms. The van der Waals surface area contributed by atoms with Crippen LogP contribution in [0.25, 0.3) is 0 Å². The Bertz CT molecular complexity index is 599. The van der Waals surface area contributed by atoms with Crippen LogP contribution in [0.5, 0.6) is 11.5 Å². The van der Waals surface area contributed by atoms with E-state index < -0.39 is 0 Å². The van der Waals surface area contributed by atoms with Crippen molar-refractivity contribution in [3.8, 4) is 17.6 Å². The number of aromatic nitrogens is 2. The first-order chi connectivity index (χ1) is 9.22. The number of imidazole rings is 1. The van der Waals surface area contributed by atoms with Crippen LogP contribution in [0.2, 0.25) is 0 Å². The molecule has 2 aromatic rings. The summed E-state index contributed by atoms with van der Waals surface area (Å²) in [4.78, 5) is 4.22. The quantitative estimate of drug-likeness (QED) is 0.821. The maximum absolute atomic E-state index is 8.92. The Kier molecular flexibility index (Phi) is 4.04. The number of ether oxygens (including phenoxy) is 2. The van der Waals surface area contributed by atoms with E-state index in [4.69, 9.17) is 14.7 Å². The van der Waals surface area contributed by atoms with Crippen LogP contribution in [0.4, 0.5) is 0 Å². The van der Waals surface area contributed by atoms with E-state index in [2.05, 4.69) is 11.1 Å². The SMILES string of the molecule is COc1cc(C#N)cc(OCCc2nccn2C)c1. The monoisotopic (exact) mass is 257 g/mol. The van der Waals surface area contributed by atoms with Gasteiger partial charge in [0.2, 0.25) is 0 Å². The minimum absolute atomic E-state index is 0.503. The molecule has 0 aliphatic carbocycles. The summed E-state index contributed by atoms with van der Waals surface area (Å²) in [5.41, 5.74) is 0.520. The largest absolute Gasteiger partial charge is 0.497 e. The fourth-order valence-corrected chi connectivity index (χ4v) is 1.74. The smallest absolute Gasteiger partial charge is 0.124 e. The van der Waals surface area contributed by atoms with Gasteiger partial charge in [-0.2, -0.15) is 5.26 Å². The molecule has 0 spiro atoms. The molecule has 0 aliphatic rings. The van der Waals surface area contributed by atoms with E-state index in [0.717, 1.165) is 5.82 Å². The van der Waals surface area contributed by atoms with Crippen LogP contribution in [-0.4, -0.2) is 23.3 Å². The summed E-state index contributed by atoms with van der Waals surface area (Å²) in [5.74, 6) is 2.21. The summed E-state index contributed by atoms with van der Waals surface area (Å²) in [6, 6.07) is 7.21. The highest BCUT2D eigenvalue weighted by Crippen LogP contribution is 2.22. The Labute approximate surface area is 112 Å². The predicted molar refractivity (Wildman–Crippen MR) is 70.1 cm³/mol. The van der Waals surface area contributed by atoms with Crippen molar-refractivity contribution >= 4 is 0 Å². The van der Waals surface area contributed by atoms with E-state index in [1.165, 1.54) is 0 Å². The second-order valence-electron chi connectivity index (χ2n) is 4.06. The molecular formula is C14H15N3O2. The van der Waals surface area contributed by atoms with E-state index in [-0.39, 0.29) is 0 Å². The Morgan fingerprint density at radius 2 is 2.11 bits per heavy atom. The summed E-state index contributed by atoms with van der Waals surface area (Å²) in [6.45, 7) is 0.503. The first-order valence-electron chi connectivity index (χ1n) is 5.91. The van der Waals surface area contributed by atoms with Gasteiger partial charge in [0.25, 0.3) is 0 Å². The van der Waals surface area contributed by atoms with Crippen LogP contribution in [0.15, 0.2) is 30.6 Å². The van der Waals surface area contributed by atoms with Crippen LogP contribution >= 0.6 is 0 Å². The molecule has 0 saturated heterocycles. The molecule has 5 nitrogen and oxygen atoms in total. The molecule has 2 rings (SSSR count). The Hall–Kier alpha value is -2.48. The average molecular weight is 257 g/mol. The number of rotatable bonds is 5. The first kappa shape index (κ1) is 13.0. The van der Waals surface area contributed by atoms with Crippen molar-refractivity contribution in [1.82, 2.24) is 9.55 Å². The fraction of sp³-hybridized carbons (Fsp3) is 0.286. The standard InChI is InChI=1S/C14H15N3O2/c1-17-5-4-16-14(17)3-6-19-13-8-11(10-15)7-12(9-13)18-2/h4-5,7-9H,3,6H2,1-2H3. The van der Waals surface area contributed by atoms with Gasteiger partial charge in [-0.25, -0.2) is 4.98 Å². The zero-order valence-electron chi connectivity index (χ0n) is 11.0. The molecule has 0 N–H and O–H groups in total. The number of hydrogen-bond donors (Lipinski definition) is 0. The van der Waals surface area contributed by atoms with Gasteiger partial charge in [0.05, 0.1) is 25.3 Å². The molecule has 0 aliphatic heterocycles. The van der Waals surface area contributed by atoms with Crippen molar-refractivity contribution in [2.75, 3.05) is 13.7 Å². The Balaban J connectivity index is 1.99. The van der Waals surface area contributed by atoms with Gasteiger partial charge in [-0.05, 0) is 12.1 Å². The molecule has 1 aromatic heterocycles. The molecule has 0 unspecified atom stereocenters. The number of benzene rings is 1. The molecule has 0 saturated carbocycles. The van der Waals surface area contributed by atoms with Crippen LogP contribution in [0, 0.1) is 11.3 Å². The highest BCUT2D eigenvalue weighted by molar-refractivity contribution is 5.43. The van der Waals surface area contributed by atoms with Gasteiger partial charge in [-0.3, -0.25) is 0 Å². The summed E-state index contributed by atoms with van der Waals surface area (Å²) < 4.78 is 12.7. The third-order valence-corrected chi connectivity index (χ3v) is 2.76. The second-order valence-corrected chi connectivity index (χ2v) is 4.06. The lowest BCUT2D eigenvalue weighted by molar-refractivity contribution is 0.314. The highest BCUT2D eigenvalue weighted by Gasteiger charge is 2.04. The van der Waals surface area contributed by atoms with Crippen molar-refractivity contribution in [1.29, 1.82) is 5.26 Å². The van der Waals surface area contributed by atoms with Crippen molar-refractivity contribution in [2.45, 2.75) is 6.42 Å². The van der Waals surface area contributed by atoms with E-state index in [9.17, 15) is 0 Å². The summed E-state index contributed by atoms with van der Waals surface area (Å²) in [7, 11) is 3.51. The molecule has 1 aromatic carbocycles. The third kappa shape index (κ3) is 3.26. The number of nitrogens with zero attached hydrogens (tertiary/aromatic N) is 3.